The van der Waals surface area contributed by atoms with Crippen molar-refractivity contribution in [3.8, 4) is 5.75 Å². The van der Waals surface area contributed by atoms with Crippen LogP contribution in [0.1, 0.15) is 24.0 Å². The Morgan fingerprint density at radius 2 is 1.44 bits per heavy atom. The molecule has 0 spiro atoms. The molecule has 10 nitrogen and oxygen atoms in total. The molecule has 0 aliphatic carbocycles. The first-order chi connectivity index (χ1) is 15.2. The number of aromatic hydroxyl groups is 1. The van der Waals surface area contributed by atoms with Crippen molar-refractivity contribution < 1.29 is 39.2 Å². The summed E-state index contributed by atoms with van der Waals surface area (Å²) < 4.78 is 4.98. The lowest BCUT2D eigenvalue weighted by Crippen LogP contribution is -2.44. The molecule has 170 valence electrons. The van der Waals surface area contributed by atoms with Gasteiger partial charge < -0.3 is 30.7 Å². The van der Waals surface area contributed by atoms with Gasteiger partial charge in [-0.05, 0) is 29.7 Å². The van der Waals surface area contributed by atoms with E-state index < -0.39 is 36.0 Å². The molecule has 0 aliphatic rings. The SMILES string of the molecule is O=C(CCC(NC(=O)OCc1ccccc1)C(=O)O)NC(Cc1ccc(O)cc1)C(=O)O. The summed E-state index contributed by atoms with van der Waals surface area (Å²) in [5, 5.41) is 32.4. The van der Waals surface area contributed by atoms with Crippen LogP contribution in [0.3, 0.4) is 0 Å². The van der Waals surface area contributed by atoms with Gasteiger partial charge in [-0.25, -0.2) is 14.4 Å². The van der Waals surface area contributed by atoms with Crippen molar-refractivity contribution in [2.75, 3.05) is 0 Å². The Bertz CT molecular complexity index is 931. The number of rotatable bonds is 11. The van der Waals surface area contributed by atoms with Gasteiger partial charge in [-0.15, -0.1) is 0 Å². The van der Waals surface area contributed by atoms with Gasteiger partial charge in [0.1, 0.15) is 24.4 Å². The third kappa shape index (κ3) is 8.34. The summed E-state index contributed by atoms with van der Waals surface area (Å²) in [6.45, 7) is -0.0446. The summed E-state index contributed by atoms with van der Waals surface area (Å²) in [7, 11) is 0. The highest BCUT2D eigenvalue weighted by atomic mass is 16.5. The van der Waals surface area contributed by atoms with Crippen LogP contribution in [0.2, 0.25) is 0 Å². The molecule has 2 rings (SSSR count). The Balaban J connectivity index is 1.83. The van der Waals surface area contributed by atoms with Crippen molar-refractivity contribution in [2.24, 2.45) is 0 Å². The van der Waals surface area contributed by atoms with E-state index >= 15 is 0 Å². The maximum absolute atomic E-state index is 12.2. The van der Waals surface area contributed by atoms with Gasteiger partial charge in [-0.1, -0.05) is 42.5 Å². The molecule has 32 heavy (non-hydrogen) atoms. The van der Waals surface area contributed by atoms with Gasteiger partial charge in [0.15, 0.2) is 0 Å². The number of carboxylic acids is 2. The number of aliphatic carboxylic acids is 2. The second-order valence-corrected chi connectivity index (χ2v) is 6.96. The van der Waals surface area contributed by atoms with E-state index in [-0.39, 0.29) is 31.6 Å². The number of hydrogen-bond donors (Lipinski definition) is 5. The molecule has 0 fully saturated rings. The predicted molar refractivity (Wildman–Crippen MR) is 112 cm³/mol. The number of carboxylic acid groups (broad SMARTS) is 2. The van der Waals surface area contributed by atoms with E-state index in [1.807, 2.05) is 0 Å². The standard InChI is InChI=1S/C22H24N2O8/c25-16-8-6-14(7-9-16)12-18(21(29)30)23-19(26)11-10-17(20(27)28)24-22(31)32-13-15-4-2-1-3-5-15/h1-9,17-18,25H,10-13H2,(H,23,26)(H,24,31)(H,27,28)(H,29,30). The quantitative estimate of drug-likeness (QED) is 0.349. The number of hydrogen-bond acceptors (Lipinski definition) is 6. The van der Waals surface area contributed by atoms with Gasteiger partial charge in [-0.2, -0.15) is 0 Å². The summed E-state index contributed by atoms with van der Waals surface area (Å²) in [6, 6.07) is 12.0. The Morgan fingerprint density at radius 1 is 0.812 bits per heavy atom. The monoisotopic (exact) mass is 444 g/mol. The van der Waals surface area contributed by atoms with Crippen LogP contribution in [-0.4, -0.2) is 51.3 Å². The van der Waals surface area contributed by atoms with Crippen LogP contribution in [-0.2, 0) is 32.1 Å². The Morgan fingerprint density at radius 3 is 2.03 bits per heavy atom. The van der Waals surface area contributed by atoms with Gasteiger partial charge in [0.25, 0.3) is 0 Å². The van der Waals surface area contributed by atoms with E-state index in [1.165, 1.54) is 24.3 Å². The zero-order chi connectivity index (χ0) is 23.5. The van der Waals surface area contributed by atoms with E-state index in [2.05, 4.69) is 10.6 Å². The summed E-state index contributed by atoms with van der Waals surface area (Å²) in [4.78, 5) is 46.9. The maximum Gasteiger partial charge on any atom is 0.408 e. The van der Waals surface area contributed by atoms with E-state index in [4.69, 9.17) is 4.74 Å². The summed E-state index contributed by atoms with van der Waals surface area (Å²) in [5.74, 6) is -3.27. The zero-order valence-electron chi connectivity index (χ0n) is 17.1. The zero-order valence-corrected chi connectivity index (χ0v) is 17.1. The number of benzene rings is 2. The maximum atomic E-state index is 12.2. The molecular formula is C22H24N2O8. The van der Waals surface area contributed by atoms with Gasteiger partial charge in [0.05, 0.1) is 0 Å². The van der Waals surface area contributed by atoms with Crippen LogP contribution in [0.25, 0.3) is 0 Å². The number of nitrogens with one attached hydrogen (secondary N) is 2. The van der Waals surface area contributed by atoms with E-state index in [0.717, 1.165) is 5.56 Å². The van der Waals surface area contributed by atoms with Crippen LogP contribution >= 0.6 is 0 Å². The number of phenols is 1. The van der Waals surface area contributed by atoms with E-state index in [9.17, 15) is 34.5 Å². The van der Waals surface area contributed by atoms with Crippen LogP contribution in [0, 0.1) is 0 Å². The fraction of sp³-hybridized carbons (Fsp3) is 0.273. The van der Waals surface area contributed by atoms with Crippen LogP contribution in [0.5, 0.6) is 5.75 Å². The number of carbonyl (C=O) groups excluding carboxylic acids is 2. The normalized spacial score (nSPS) is 12.2. The number of phenolic OH excluding ortho intramolecular Hbond substituents is 1. The Labute approximate surface area is 183 Å². The van der Waals surface area contributed by atoms with Crippen LogP contribution in [0.4, 0.5) is 4.79 Å². The summed E-state index contributed by atoms with van der Waals surface area (Å²) in [5.41, 5.74) is 1.31. The molecular weight excluding hydrogens is 420 g/mol. The molecule has 0 saturated carbocycles. The Kier molecular flexibility index (Phi) is 9.03. The molecule has 0 radical (unpaired) electrons. The molecule has 0 aliphatic heterocycles. The molecule has 2 atom stereocenters. The van der Waals surface area contributed by atoms with Crippen LogP contribution < -0.4 is 10.6 Å². The molecule has 0 heterocycles. The van der Waals surface area contributed by atoms with Gasteiger partial charge in [0, 0.05) is 12.8 Å². The fourth-order valence-electron chi connectivity index (χ4n) is 2.77. The lowest BCUT2D eigenvalue weighted by Gasteiger charge is -2.17. The number of alkyl carbamates (subject to hydrolysis) is 1. The van der Waals surface area contributed by atoms with Crippen molar-refractivity contribution >= 4 is 23.9 Å². The van der Waals surface area contributed by atoms with Crippen molar-refractivity contribution in [3.63, 3.8) is 0 Å². The molecule has 10 heteroatoms. The third-order valence-corrected chi connectivity index (χ3v) is 4.47. The van der Waals surface area contributed by atoms with E-state index in [0.29, 0.717) is 5.56 Å². The van der Waals surface area contributed by atoms with E-state index in [1.54, 1.807) is 30.3 Å². The van der Waals surface area contributed by atoms with Gasteiger partial charge in [0.2, 0.25) is 5.91 Å². The van der Waals surface area contributed by atoms with Crippen molar-refractivity contribution in [1.82, 2.24) is 10.6 Å². The molecule has 5 N–H and O–H groups in total. The largest absolute Gasteiger partial charge is 0.508 e. The first-order valence-electron chi connectivity index (χ1n) is 9.74. The van der Waals surface area contributed by atoms with Gasteiger partial charge >= 0.3 is 18.0 Å². The summed E-state index contributed by atoms with van der Waals surface area (Å²) >= 11 is 0. The second-order valence-electron chi connectivity index (χ2n) is 6.96. The van der Waals surface area contributed by atoms with Crippen molar-refractivity contribution in [3.05, 3.63) is 65.7 Å². The molecule has 2 aromatic carbocycles. The first-order valence-corrected chi connectivity index (χ1v) is 9.74. The highest BCUT2D eigenvalue weighted by Crippen LogP contribution is 2.12. The topological polar surface area (TPSA) is 162 Å². The van der Waals surface area contributed by atoms with Crippen molar-refractivity contribution in [2.45, 2.75) is 38.0 Å². The molecule has 2 unspecified atom stereocenters. The minimum Gasteiger partial charge on any atom is -0.508 e. The first kappa shape index (κ1) is 24.2. The lowest BCUT2D eigenvalue weighted by molar-refractivity contribution is -0.142. The minimum absolute atomic E-state index is 0.0201. The second kappa shape index (κ2) is 11.9. The molecule has 2 amide bonds. The Hall–Kier alpha value is -4.08. The number of ether oxygens (including phenoxy) is 1. The molecule has 0 saturated heterocycles. The summed E-state index contributed by atoms with van der Waals surface area (Å²) in [6.07, 6.45) is -1.55. The number of carbonyl (C=O) groups is 4. The smallest absolute Gasteiger partial charge is 0.408 e. The van der Waals surface area contributed by atoms with Crippen LogP contribution in [0.15, 0.2) is 54.6 Å². The molecule has 0 bridgehead atoms. The van der Waals surface area contributed by atoms with Crippen molar-refractivity contribution in [1.29, 1.82) is 0 Å². The highest BCUT2D eigenvalue weighted by Gasteiger charge is 2.24. The third-order valence-electron chi connectivity index (χ3n) is 4.47. The minimum atomic E-state index is -1.38. The lowest BCUT2D eigenvalue weighted by atomic mass is 10.1. The average molecular weight is 444 g/mol. The highest BCUT2D eigenvalue weighted by molar-refractivity contribution is 5.85. The predicted octanol–water partition coefficient (Wildman–Crippen LogP) is 1.66. The fourth-order valence-corrected chi connectivity index (χ4v) is 2.77. The molecule has 0 aromatic heterocycles. The van der Waals surface area contributed by atoms with Gasteiger partial charge in [-0.3, -0.25) is 4.79 Å². The molecule has 2 aromatic rings. The average Bonchev–Trinajstić information content (AvgIpc) is 2.76. The number of amides is 2.